The summed E-state index contributed by atoms with van der Waals surface area (Å²) in [5, 5.41) is 10.0. The molecule has 1 aliphatic heterocycles. The second kappa shape index (κ2) is 5.18. The topological polar surface area (TPSA) is 36.4 Å². The molecule has 0 bridgehead atoms. The smallest absolute Gasteiger partial charge is 0.391 e. The van der Waals surface area contributed by atoms with E-state index in [9.17, 15) is 18.3 Å². The third kappa shape index (κ3) is 2.79. The molecule has 1 unspecified atom stereocenters. The van der Waals surface area contributed by atoms with Crippen molar-refractivity contribution in [2.24, 2.45) is 5.92 Å². The number of thiazole rings is 1. The molecule has 2 aliphatic rings. The van der Waals surface area contributed by atoms with Gasteiger partial charge >= 0.3 is 6.18 Å². The van der Waals surface area contributed by atoms with Crippen LogP contribution in [-0.4, -0.2) is 29.4 Å². The zero-order chi connectivity index (χ0) is 14.3. The van der Waals surface area contributed by atoms with Gasteiger partial charge in [-0.1, -0.05) is 11.3 Å². The lowest BCUT2D eigenvalue weighted by Gasteiger charge is -2.33. The van der Waals surface area contributed by atoms with Gasteiger partial charge in [0.15, 0.2) is 5.13 Å². The molecule has 0 aromatic carbocycles. The Morgan fingerprint density at radius 3 is 2.65 bits per heavy atom. The summed E-state index contributed by atoms with van der Waals surface area (Å²) in [5.41, 5.74) is 0.904. The van der Waals surface area contributed by atoms with Gasteiger partial charge in [-0.05, 0) is 25.7 Å². The summed E-state index contributed by atoms with van der Waals surface area (Å²) in [6.45, 7) is 0.543. The van der Waals surface area contributed by atoms with Crippen LogP contribution in [0.3, 0.4) is 0 Å². The van der Waals surface area contributed by atoms with Crippen LogP contribution >= 0.6 is 11.3 Å². The van der Waals surface area contributed by atoms with Gasteiger partial charge in [0.2, 0.25) is 0 Å². The van der Waals surface area contributed by atoms with E-state index in [0.29, 0.717) is 24.0 Å². The van der Waals surface area contributed by atoms with Crippen molar-refractivity contribution < 1.29 is 18.3 Å². The molecule has 1 atom stereocenters. The SMILES string of the molecule is OCc1sc(N2CCCC(C(F)(F)F)C2)nc1C1CC1. The fourth-order valence-corrected chi connectivity index (χ4v) is 3.73. The maximum Gasteiger partial charge on any atom is 0.393 e. The molecule has 0 spiro atoms. The number of hydrogen-bond donors (Lipinski definition) is 1. The van der Waals surface area contributed by atoms with Crippen molar-refractivity contribution in [1.82, 2.24) is 4.98 Å². The van der Waals surface area contributed by atoms with Crippen LogP contribution in [-0.2, 0) is 6.61 Å². The largest absolute Gasteiger partial charge is 0.393 e. The molecule has 3 nitrogen and oxygen atoms in total. The summed E-state index contributed by atoms with van der Waals surface area (Å²) in [6, 6.07) is 0. The van der Waals surface area contributed by atoms with Crippen LogP contribution < -0.4 is 4.90 Å². The monoisotopic (exact) mass is 306 g/mol. The van der Waals surface area contributed by atoms with Crippen molar-refractivity contribution in [2.45, 2.75) is 44.4 Å². The summed E-state index contributed by atoms with van der Waals surface area (Å²) in [5.74, 6) is -0.854. The Bertz CT molecular complexity index is 484. The molecule has 0 amide bonds. The van der Waals surface area contributed by atoms with E-state index in [1.165, 1.54) is 11.3 Å². The Balaban J connectivity index is 1.78. The Kier molecular flexibility index (Phi) is 3.66. The van der Waals surface area contributed by atoms with Crippen molar-refractivity contribution in [3.63, 3.8) is 0 Å². The third-order valence-electron chi connectivity index (χ3n) is 3.98. The Morgan fingerprint density at radius 2 is 2.05 bits per heavy atom. The summed E-state index contributed by atoms with van der Waals surface area (Å²) in [7, 11) is 0. The normalized spacial score (nSPS) is 24.2. The highest BCUT2D eigenvalue weighted by Gasteiger charge is 2.42. The molecule has 2 fully saturated rings. The highest BCUT2D eigenvalue weighted by atomic mass is 32.1. The maximum atomic E-state index is 12.8. The second-order valence-corrected chi connectivity index (χ2v) is 6.63. The van der Waals surface area contributed by atoms with Gasteiger partial charge < -0.3 is 10.0 Å². The van der Waals surface area contributed by atoms with Crippen molar-refractivity contribution in [3.05, 3.63) is 10.6 Å². The molecule has 3 rings (SSSR count). The van der Waals surface area contributed by atoms with Crippen molar-refractivity contribution in [2.75, 3.05) is 18.0 Å². The Morgan fingerprint density at radius 1 is 1.30 bits per heavy atom. The molecular formula is C13H17F3N2OS. The summed E-state index contributed by atoms with van der Waals surface area (Å²) in [4.78, 5) is 7.05. The second-order valence-electron chi connectivity index (χ2n) is 5.56. The quantitative estimate of drug-likeness (QED) is 0.931. The minimum absolute atomic E-state index is 0.00795. The number of hydrogen-bond acceptors (Lipinski definition) is 4. The van der Waals surface area contributed by atoms with E-state index in [2.05, 4.69) is 4.98 Å². The van der Waals surface area contributed by atoms with Crippen LogP contribution in [0.4, 0.5) is 18.3 Å². The first kappa shape index (κ1) is 14.1. The van der Waals surface area contributed by atoms with Gasteiger partial charge in [0, 0.05) is 19.0 Å². The van der Waals surface area contributed by atoms with Crippen LogP contribution in [0.5, 0.6) is 0 Å². The van der Waals surface area contributed by atoms with E-state index in [-0.39, 0.29) is 19.6 Å². The fourth-order valence-electron chi connectivity index (χ4n) is 2.69. The molecule has 0 radical (unpaired) electrons. The summed E-state index contributed by atoms with van der Waals surface area (Å²) < 4.78 is 38.5. The average molecular weight is 306 g/mol. The first-order chi connectivity index (χ1) is 9.49. The zero-order valence-electron chi connectivity index (χ0n) is 11.0. The molecule has 2 heterocycles. The average Bonchev–Trinajstić information content (AvgIpc) is 3.17. The van der Waals surface area contributed by atoms with Gasteiger partial charge in [0.05, 0.1) is 23.1 Å². The van der Waals surface area contributed by atoms with Crippen LogP contribution in [0.1, 0.15) is 42.2 Å². The number of anilines is 1. The number of aliphatic hydroxyl groups excluding tert-OH is 1. The van der Waals surface area contributed by atoms with Crippen LogP contribution in [0.15, 0.2) is 0 Å². The molecule has 20 heavy (non-hydrogen) atoms. The first-order valence-corrected chi connectivity index (χ1v) is 7.73. The van der Waals surface area contributed by atoms with E-state index in [1.807, 2.05) is 0 Å². The number of rotatable bonds is 3. The molecule has 1 aliphatic carbocycles. The van der Waals surface area contributed by atoms with Crippen LogP contribution in [0.2, 0.25) is 0 Å². The molecule has 7 heteroatoms. The van der Waals surface area contributed by atoms with Gasteiger partial charge in [0.25, 0.3) is 0 Å². The number of nitrogens with zero attached hydrogens (tertiary/aromatic N) is 2. The molecule has 1 N–H and O–H groups in total. The molecule has 1 aromatic heterocycles. The van der Waals surface area contributed by atoms with Crippen molar-refractivity contribution >= 4 is 16.5 Å². The van der Waals surface area contributed by atoms with Gasteiger partial charge in [-0.3, -0.25) is 0 Å². The van der Waals surface area contributed by atoms with Gasteiger partial charge in [-0.2, -0.15) is 13.2 Å². The number of piperidine rings is 1. The minimum atomic E-state index is -4.13. The molecule has 1 saturated heterocycles. The predicted octanol–water partition coefficient (Wildman–Crippen LogP) is 3.29. The fraction of sp³-hybridized carbons (Fsp3) is 0.769. The van der Waals surface area contributed by atoms with Crippen molar-refractivity contribution in [1.29, 1.82) is 0 Å². The number of halogens is 3. The number of aromatic nitrogens is 1. The maximum absolute atomic E-state index is 12.8. The van der Waals surface area contributed by atoms with E-state index in [1.54, 1.807) is 4.90 Å². The van der Waals surface area contributed by atoms with E-state index < -0.39 is 12.1 Å². The molecular weight excluding hydrogens is 289 g/mol. The van der Waals surface area contributed by atoms with Crippen LogP contribution in [0.25, 0.3) is 0 Å². The summed E-state index contributed by atoms with van der Waals surface area (Å²) >= 11 is 1.34. The highest BCUT2D eigenvalue weighted by molar-refractivity contribution is 7.15. The predicted molar refractivity (Wildman–Crippen MR) is 71.0 cm³/mol. The zero-order valence-corrected chi connectivity index (χ0v) is 11.8. The first-order valence-electron chi connectivity index (χ1n) is 6.91. The van der Waals surface area contributed by atoms with E-state index >= 15 is 0 Å². The van der Waals surface area contributed by atoms with Crippen molar-refractivity contribution in [3.8, 4) is 0 Å². The lowest BCUT2D eigenvalue weighted by atomic mass is 9.98. The van der Waals surface area contributed by atoms with E-state index in [4.69, 9.17) is 0 Å². The minimum Gasteiger partial charge on any atom is -0.391 e. The lowest BCUT2D eigenvalue weighted by molar-refractivity contribution is -0.175. The van der Waals surface area contributed by atoms with Gasteiger partial charge in [-0.25, -0.2) is 4.98 Å². The Labute approximate surface area is 119 Å². The molecule has 112 valence electrons. The van der Waals surface area contributed by atoms with Gasteiger partial charge in [-0.15, -0.1) is 0 Å². The Hall–Kier alpha value is -0.820. The number of alkyl halides is 3. The number of aliphatic hydroxyl groups is 1. The summed E-state index contributed by atoms with van der Waals surface area (Å²) in [6.07, 6.45) is -1.25. The standard InChI is InChI=1S/C13H17F3N2OS/c14-13(15,16)9-2-1-5-18(6-9)12-17-11(8-3-4-8)10(7-19)20-12/h8-9,19H,1-7H2. The molecule has 1 aromatic rings. The highest BCUT2D eigenvalue weighted by Crippen LogP contribution is 2.45. The third-order valence-corrected chi connectivity index (χ3v) is 5.10. The van der Waals surface area contributed by atoms with E-state index in [0.717, 1.165) is 23.4 Å². The molecule has 1 saturated carbocycles. The van der Waals surface area contributed by atoms with Crippen LogP contribution in [0, 0.1) is 5.92 Å². The lowest BCUT2D eigenvalue weighted by Crippen LogP contribution is -2.41. The van der Waals surface area contributed by atoms with Gasteiger partial charge in [0.1, 0.15) is 0 Å².